The van der Waals surface area contributed by atoms with Crippen LogP contribution in [0.15, 0.2) is 52.3 Å². The van der Waals surface area contributed by atoms with Crippen LogP contribution in [-0.2, 0) is 4.79 Å². The van der Waals surface area contributed by atoms with E-state index in [1.165, 1.54) is 0 Å². The van der Waals surface area contributed by atoms with Crippen LogP contribution in [0.4, 0.5) is 11.4 Å². The molecule has 1 atom stereocenters. The number of furan rings is 1. The van der Waals surface area contributed by atoms with Crippen molar-refractivity contribution in [2.24, 2.45) is 5.41 Å². The minimum Gasteiger partial charge on any atom is -0.467 e. The number of fused-ring (bicyclic) bond motifs is 1. The molecule has 0 saturated carbocycles. The largest absolute Gasteiger partial charge is 0.467 e. The Kier molecular flexibility index (Phi) is 3.46. The first kappa shape index (κ1) is 15.3. The van der Waals surface area contributed by atoms with E-state index in [9.17, 15) is 4.79 Å². The SMILES string of the molecule is CC1(C)CC(=O)C2=C(C1)Nc1ccc(Cl)cc1N[C@@H]2c1ccco1. The fourth-order valence-corrected chi connectivity index (χ4v) is 3.76. The third kappa shape index (κ3) is 2.61. The summed E-state index contributed by atoms with van der Waals surface area (Å²) in [6, 6.07) is 9.07. The highest BCUT2D eigenvalue weighted by Gasteiger charge is 2.39. The summed E-state index contributed by atoms with van der Waals surface area (Å²) < 4.78 is 5.61. The van der Waals surface area contributed by atoms with Gasteiger partial charge in [0.25, 0.3) is 0 Å². The summed E-state index contributed by atoms with van der Waals surface area (Å²) in [5.41, 5.74) is 3.45. The summed E-state index contributed by atoms with van der Waals surface area (Å²) in [5, 5.41) is 7.55. The number of allylic oxidation sites excluding steroid dienone is 1. The minimum absolute atomic E-state index is 0.0619. The van der Waals surface area contributed by atoms with Gasteiger partial charge in [0.1, 0.15) is 11.8 Å². The molecule has 2 heterocycles. The van der Waals surface area contributed by atoms with Crippen LogP contribution in [0.25, 0.3) is 0 Å². The standard InChI is InChI=1S/C19H19ClN2O2/c1-19(2)9-14-17(15(23)10-19)18(16-4-3-7-24-16)22-13-8-11(20)5-6-12(13)21-14/h3-8,18,21-22H,9-10H2,1-2H3/t18-/m1/s1. The average molecular weight is 343 g/mol. The van der Waals surface area contributed by atoms with E-state index in [1.54, 1.807) is 6.26 Å². The van der Waals surface area contributed by atoms with E-state index in [1.807, 2.05) is 30.3 Å². The molecule has 1 aliphatic carbocycles. The molecule has 2 aliphatic rings. The molecule has 4 nitrogen and oxygen atoms in total. The number of ketones is 1. The maximum atomic E-state index is 12.9. The molecule has 1 aliphatic heterocycles. The van der Waals surface area contributed by atoms with Crippen molar-refractivity contribution in [2.45, 2.75) is 32.7 Å². The Hall–Kier alpha value is -2.20. The minimum atomic E-state index is -0.314. The normalized spacial score (nSPS) is 22.1. The molecule has 0 unspecified atom stereocenters. The Bertz CT molecular complexity index is 837. The summed E-state index contributed by atoms with van der Waals surface area (Å²) in [6.45, 7) is 4.25. The van der Waals surface area contributed by atoms with E-state index in [2.05, 4.69) is 24.5 Å². The molecule has 1 aromatic carbocycles. The summed E-state index contributed by atoms with van der Waals surface area (Å²) in [4.78, 5) is 12.9. The van der Waals surface area contributed by atoms with Gasteiger partial charge in [0.05, 0.1) is 17.6 Å². The molecule has 124 valence electrons. The van der Waals surface area contributed by atoms with Crippen LogP contribution in [0.3, 0.4) is 0 Å². The molecule has 2 aromatic rings. The van der Waals surface area contributed by atoms with Gasteiger partial charge in [-0.3, -0.25) is 4.79 Å². The smallest absolute Gasteiger partial charge is 0.163 e. The van der Waals surface area contributed by atoms with Crippen molar-refractivity contribution in [3.63, 3.8) is 0 Å². The number of Topliss-reactive ketones (excluding diaryl/α,β-unsaturated/α-hetero) is 1. The first-order chi connectivity index (χ1) is 11.4. The molecule has 1 aromatic heterocycles. The topological polar surface area (TPSA) is 54.3 Å². The van der Waals surface area contributed by atoms with Crippen LogP contribution >= 0.6 is 11.6 Å². The molecule has 2 N–H and O–H groups in total. The summed E-state index contributed by atoms with van der Waals surface area (Å²) in [5.74, 6) is 0.881. The maximum absolute atomic E-state index is 12.9. The lowest BCUT2D eigenvalue weighted by atomic mass is 9.74. The Balaban J connectivity index is 1.89. The summed E-state index contributed by atoms with van der Waals surface area (Å²) in [7, 11) is 0. The highest BCUT2D eigenvalue weighted by Crippen LogP contribution is 2.45. The number of halogens is 1. The van der Waals surface area contributed by atoms with Crippen LogP contribution in [0.5, 0.6) is 0 Å². The van der Waals surface area contributed by atoms with E-state index < -0.39 is 0 Å². The van der Waals surface area contributed by atoms with Crippen LogP contribution in [0.1, 0.15) is 38.5 Å². The highest BCUT2D eigenvalue weighted by atomic mass is 35.5. The number of nitrogens with one attached hydrogen (secondary N) is 2. The van der Waals surface area contributed by atoms with Crippen LogP contribution in [0.2, 0.25) is 5.02 Å². The highest BCUT2D eigenvalue weighted by molar-refractivity contribution is 6.31. The van der Waals surface area contributed by atoms with Gasteiger partial charge in [-0.1, -0.05) is 25.4 Å². The van der Waals surface area contributed by atoms with E-state index >= 15 is 0 Å². The van der Waals surface area contributed by atoms with E-state index in [0.29, 0.717) is 11.4 Å². The fraction of sp³-hybridized carbons (Fsp3) is 0.316. The summed E-state index contributed by atoms with van der Waals surface area (Å²) in [6.07, 6.45) is 2.98. The molecule has 0 radical (unpaired) electrons. The predicted molar refractivity (Wildman–Crippen MR) is 95.2 cm³/mol. The molecule has 0 saturated heterocycles. The molecule has 0 spiro atoms. The molecule has 24 heavy (non-hydrogen) atoms. The third-order valence-electron chi connectivity index (χ3n) is 4.60. The number of carbonyl (C=O) groups excluding carboxylic acids is 1. The number of carbonyl (C=O) groups is 1. The van der Waals surface area contributed by atoms with Gasteiger partial charge in [-0.15, -0.1) is 0 Å². The molecular formula is C19H19ClN2O2. The van der Waals surface area contributed by atoms with Crippen molar-refractivity contribution in [1.29, 1.82) is 0 Å². The monoisotopic (exact) mass is 342 g/mol. The molecule has 0 fully saturated rings. The van der Waals surface area contributed by atoms with Gasteiger partial charge in [-0.25, -0.2) is 0 Å². The van der Waals surface area contributed by atoms with Gasteiger partial charge in [-0.05, 0) is 42.2 Å². The van der Waals surface area contributed by atoms with Crippen LogP contribution in [-0.4, -0.2) is 5.78 Å². The van der Waals surface area contributed by atoms with Crippen LogP contribution in [0, 0.1) is 5.41 Å². The van der Waals surface area contributed by atoms with Crippen molar-refractivity contribution < 1.29 is 9.21 Å². The van der Waals surface area contributed by atoms with Crippen molar-refractivity contribution in [1.82, 2.24) is 0 Å². The van der Waals surface area contributed by atoms with Gasteiger partial charge in [0, 0.05) is 22.7 Å². The lowest BCUT2D eigenvalue weighted by Gasteiger charge is -2.33. The third-order valence-corrected chi connectivity index (χ3v) is 4.84. The second-order valence-electron chi connectivity index (χ2n) is 7.24. The van der Waals surface area contributed by atoms with Crippen molar-refractivity contribution in [2.75, 3.05) is 10.6 Å². The molecule has 0 bridgehead atoms. The first-order valence-electron chi connectivity index (χ1n) is 8.06. The molecule has 4 rings (SSSR count). The Morgan fingerprint density at radius 2 is 2.04 bits per heavy atom. The first-order valence-corrected chi connectivity index (χ1v) is 8.43. The number of hydrogen-bond donors (Lipinski definition) is 2. The molecule has 5 heteroatoms. The van der Waals surface area contributed by atoms with Crippen LogP contribution < -0.4 is 10.6 Å². The lowest BCUT2D eigenvalue weighted by Crippen LogP contribution is -2.31. The zero-order valence-corrected chi connectivity index (χ0v) is 14.4. The van der Waals surface area contributed by atoms with E-state index in [4.69, 9.17) is 16.0 Å². The van der Waals surface area contributed by atoms with Gasteiger partial charge in [-0.2, -0.15) is 0 Å². The van der Waals surface area contributed by atoms with Gasteiger partial charge >= 0.3 is 0 Å². The number of anilines is 2. The number of hydrogen-bond acceptors (Lipinski definition) is 4. The fourth-order valence-electron chi connectivity index (χ4n) is 3.59. The molecule has 0 amide bonds. The quantitative estimate of drug-likeness (QED) is 0.752. The van der Waals surface area contributed by atoms with E-state index in [-0.39, 0.29) is 17.2 Å². The zero-order valence-electron chi connectivity index (χ0n) is 13.7. The maximum Gasteiger partial charge on any atom is 0.163 e. The Morgan fingerprint density at radius 3 is 2.79 bits per heavy atom. The summed E-state index contributed by atoms with van der Waals surface area (Å²) >= 11 is 6.16. The van der Waals surface area contributed by atoms with Gasteiger partial charge in [0.15, 0.2) is 5.78 Å². The number of rotatable bonds is 1. The van der Waals surface area contributed by atoms with Gasteiger partial charge < -0.3 is 15.1 Å². The van der Waals surface area contributed by atoms with Gasteiger partial charge in [0.2, 0.25) is 0 Å². The van der Waals surface area contributed by atoms with Crippen molar-refractivity contribution >= 4 is 28.8 Å². The zero-order chi connectivity index (χ0) is 16.9. The number of benzene rings is 1. The Morgan fingerprint density at radius 1 is 1.21 bits per heavy atom. The Labute approximate surface area is 145 Å². The predicted octanol–water partition coefficient (Wildman–Crippen LogP) is 5.15. The van der Waals surface area contributed by atoms with Crippen molar-refractivity contribution in [3.05, 3.63) is 58.6 Å². The van der Waals surface area contributed by atoms with Crippen molar-refractivity contribution in [3.8, 4) is 0 Å². The second kappa shape index (κ2) is 5.42. The lowest BCUT2D eigenvalue weighted by molar-refractivity contribution is -0.118. The van der Waals surface area contributed by atoms with E-state index in [0.717, 1.165) is 34.8 Å². The average Bonchev–Trinajstić information content (AvgIpc) is 2.96. The second-order valence-corrected chi connectivity index (χ2v) is 7.68. The molecular weight excluding hydrogens is 324 g/mol.